The molecule has 2 unspecified atom stereocenters. The lowest BCUT2D eigenvalue weighted by Gasteiger charge is -2.15. The van der Waals surface area contributed by atoms with Crippen LogP contribution in [0.1, 0.15) is 30.2 Å². The van der Waals surface area contributed by atoms with Crippen LogP contribution in [0.25, 0.3) is 0 Å². The number of hydrogen-bond donors (Lipinski definition) is 2. The van der Waals surface area contributed by atoms with Crippen LogP contribution in [-0.4, -0.2) is 11.9 Å². The molecule has 2 atom stereocenters. The Labute approximate surface area is 118 Å². The fraction of sp³-hybridized carbons (Fsp3) is 0.267. The van der Waals surface area contributed by atoms with Gasteiger partial charge in [0, 0.05) is 6.04 Å². The molecule has 19 heavy (non-hydrogen) atoms. The van der Waals surface area contributed by atoms with Crippen LogP contribution in [0.2, 0.25) is 0 Å². The first-order valence-electron chi connectivity index (χ1n) is 6.31. The molecule has 0 fully saturated rings. The third-order valence-corrected chi connectivity index (χ3v) is 4.12. The Kier molecular flexibility index (Phi) is 4.35. The summed E-state index contributed by atoms with van der Waals surface area (Å²) < 4.78 is 0. The Bertz CT molecular complexity index is 541. The van der Waals surface area contributed by atoms with E-state index in [0.717, 1.165) is 10.6 Å². The summed E-state index contributed by atoms with van der Waals surface area (Å²) in [4.78, 5) is 5.41. The van der Waals surface area contributed by atoms with E-state index in [2.05, 4.69) is 24.0 Å². The quantitative estimate of drug-likeness (QED) is 0.663. The summed E-state index contributed by atoms with van der Waals surface area (Å²) in [6.07, 6.45) is 0. The van der Waals surface area contributed by atoms with Crippen molar-refractivity contribution in [2.75, 3.05) is 0 Å². The molecule has 4 heteroatoms. The van der Waals surface area contributed by atoms with Gasteiger partial charge in [-0.15, -0.1) is 11.3 Å². The minimum absolute atomic E-state index is 0.144. The number of hydrogen-bond acceptors (Lipinski definition) is 3. The summed E-state index contributed by atoms with van der Waals surface area (Å²) in [5.74, 6) is 0.899. The number of thiophene rings is 1. The highest BCUT2D eigenvalue weighted by Gasteiger charge is 2.09. The van der Waals surface area contributed by atoms with Crippen LogP contribution in [0.3, 0.4) is 0 Å². The molecule has 100 valence electrons. The molecule has 0 aliphatic carbocycles. The third-order valence-electron chi connectivity index (χ3n) is 3.23. The van der Waals surface area contributed by atoms with Crippen molar-refractivity contribution < 1.29 is 0 Å². The Morgan fingerprint density at radius 2 is 1.84 bits per heavy atom. The molecular weight excluding hydrogens is 254 g/mol. The van der Waals surface area contributed by atoms with E-state index in [9.17, 15) is 0 Å². The molecule has 2 aromatic rings. The summed E-state index contributed by atoms with van der Waals surface area (Å²) in [5.41, 5.74) is 14.0. The monoisotopic (exact) mass is 273 g/mol. The van der Waals surface area contributed by atoms with Gasteiger partial charge < -0.3 is 11.5 Å². The topological polar surface area (TPSA) is 64.4 Å². The average molecular weight is 273 g/mol. The summed E-state index contributed by atoms with van der Waals surface area (Å²) in [7, 11) is 0. The summed E-state index contributed by atoms with van der Waals surface area (Å²) in [5, 5.41) is 1.99. The van der Waals surface area contributed by atoms with Crippen molar-refractivity contribution in [1.29, 1.82) is 0 Å². The van der Waals surface area contributed by atoms with Gasteiger partial charge in [-0.2, -0.15) is 0 Å². The summed E-state index contributed by atoms with van der Waals surface area (Å²) in [6, 6.07) is 12.2. The van der Waals surface area contributed by atoms with Gasteiger partial charge in [0.25, 0.3) is 0 Å². The molecule has 0 bridgehead atoms. The van der Waals surface area contributed by atoms with Crippen molar-refractivity contribution in [1.82, 2.24) is 0 Å². The van der Waals surface area contributed by atoms with E-state index in [1.54, 1.807) is 11.3 Å². The smallest absolute Gasteiger partial charge is 0.141 e. The van der Waals surface area contributed by atoms with Crippen LogP contribution in [-0.2, 0) is 0 Å². The molecule has 4 N–H and O–H groups in total. The number of aliphatic imine (C=N–C) groups is 1. The molecule has 0 saturated carbocycles. The summed E-state index contributed by atoms with van der Waals surface area (Å²) >= 11 is 1.59. The first-order valence-corrected chi connectivity index (χ1v) is 7.19. The fourth-order valence-corrected chi connectivity index (χ4v) is 2.40. The van der Waals surface area contributed by atoms with E-state index >= 15 is 0 Å². The lowest BCUT2D eigenvalue weighted by molar-refractivity contribution is 0.613. The maximum Gasteiger partial charge on any atom is 0.141 e. The molecule has 0 radical (unpaired) electrons. The highest BCUT2D eigenvalue weighted by atomic mass is 32.1. The van der Waals surface area contributed by atoms with Crippen LogP contribution in [0, 0.1) is 0 Å². The van der Waals surface area contributed by atoms with Crippen molar-refractivity contribution in [2.45, 2.75) is 25.8 Å². The van der Waals surface area contributed by atoms with Crippen molar-refractivity contribution in [3.8, 4) is 0 Å². The molecule has 0 saturated heterocycles. The van der Waals surface area contributed by atoms with Crippen LogP contribution < -0.4 is 11.5 Å². The normalized spacial score (nSPS) is 15.2. The molecule has 0 aliphatic rings. The summed E-state index contributed by atoms with van der Waals surface area (Å²) in [6.45, 7) is 4.15. The van der Waals surface area contributed by atoms with Gasteiger partial charge in [-0.1, -0.05) is 25.1 Å². The molecule has 0 aliphatic heterocycles. The average Bonchev–Trinajstić information content (AvgIpc) is 2.92. The number of amidine groups is 1. The largest absolute Gasteiger partial charge is 0.383 e. The zero-order valence-electron chi connectivity index (χ0n) is 11.2. The first kappa shape index (κ1) is 13.8. The van der Waals surface area contributed by atoms with Gasteiger partial charge in [-0.25, -0.2) is 4.99 Å². The van der Waals surface area contributed by atoms with Crippen molar-refractivity contribution in [2.24, 2.45) is 16.5 Å². The number of nitrogens with zero attached hydrogens (tertiary/aromatic N) is 1. The van der Waals surface area contributed by atoms with Gasteiger partial charge in [-0.05, 0) is 42.0 Å². The Hall–Kier alpha value is -1.65. The molecule has 2 rings (SSSR count). The minimum Gasteiger partial charge on any atom is -0.383 e. The lowest BCUT2D eigenvalue weighted by atomic mass is 9.95. The van der Waals surface area contributed by atoms with Crippen LogP contribution in [0.15, 0.2) is 46.8 Å². The minimum atomic E-state index is 0.144. The van der Waals surface area contributed by atoms with Gasteiger partial charge in [0.05, 0.1) is 10.6 Å². The first-order chi connectivity index (χ1) is 9.08. The Morgan fingerprint density at radius 3 is 2.37 bits per heavy atom. The van der Waals surface area contributed by atoms with E-state index in [1.165, 1.54) is 5.56 Å². The van der Waals surface area contributed by atoms with E-state index in [0.29, 0.717) is 11.8 Å². The van der Waals surface area contributed by atoms with Crippen LogP contribution in [0.4, 0.5) is 5.69 Å². The van der Waals surface area contributed by atoms with E-state index in [4.69, 9.17) is 11.5 Å². The van der Waals surface area contributed by atoms with Crippen molar-refractivity contribution >= 4 is 22.9 Å². The van der Waals surface area contributed by atoms with E-state index in [1.807, 2.05) is 36.6 Å². The zero-order chi connectivity index (χ0) is 13.8. The molecular formula is C15H19N3S. The molecule has 0 amide bonds. The van der Waals surface area contributed by atoms with Gasteiger partial charge in [0.15, 0.2) is 0 Å². The predicted molar refractivity (Wildman–Crippen MR) is 83.2 cm³/mol. The standard InChI is InChI=1S/C15H19N3S/c1-10(11(2)16)12-5-7-13(8-6-12)18-15(17)14-4-3-9-19-14/h3-11H,16H2,1-2H3,(H2,17,18). The molecule has 1 aromatic heterocycles. The third kappa shape index (κ3) is 3.43. The maximum absolute atomic E-state index is 5.96. The maximum atomic E-state index is 5.96. The fourth-order valence-electron chi connectivity index (χ4n) is 1.77. The lowest BCUT2D eigenvalue weighted by Crippen LogP contribution is -2.22. The van der Waals surface area contributed by atoms with Gasteiger partial charge >= 0.3 is 0 Å². The second-order valence-corrected chi connectivity index (χ2v) is 5.66. The number of nitrogens with two attached hydrogens (primary N) is 2. The zero-order valence-corrected chi connectivity index (χ0v) is 12.0. The predicted octanol–water partition coefficient (Wildman–Crippen LogP) is 3.24. The van der Waals surface area contributed by atoms with Crippen molar-refractivity contribution in [3.05, 3.63) is 52.2 Å². The second kappa shape index (κ2) is 5.99. The molecule has 1 aromatic carbocycles. The van der Waals surface area contributed by atoms with Crippen LogP contribution >= 0.6 is 11.3 Å². The molecule has 0 spiro atoms. The Morgan fingerprint density at radius 1 is 1.16 bits per heavy atom. The highest BCUT2D eigenvalue weighted by Crippen LogP contribution is 2.22. The van der Waals surface area contributed by atoms with Gasteiger partial charge in [0.2, 0.25) is 0 Å². The Balaban J connectivity index is 2.17. The number of rotatable bonds is 4. The van der Waals surface area contributed by atoms with E-state index in [-0.39, 0.29) is 6.04 Å². The SMILES string of the molecule is CC(N)C(C)c1ccc(N=C(N)c2cccs2)cc1. The van der Waals surface area contributed by atoms with E-state index < -0.39 is 0 Å². The molecule has 3 nitrogen and oxygen atoms in total. The second-order valence-electron chi connectivity index (χ2n) is 4.71. The highest BCUT2D eigenvalue weighted by molar-refractivity contribution is 7.12. The van der Waals surface area contributed by atoms with Gasteiger partial charge in [-0.3, -0.25) is 0 Å². The van der Waals surface area contributed by atoms with Crippen molar-refractivity contribution in [3.63, 3.8) is 0 Å². The number of benzene rings is 1. The van der Waals surface area contributed by atoms with Gasteiger partial charge in [0.1, 0.15) is 5.84 Å². The van der Waals surface area contributed by atoms with Crippen LogP contribution in [0.5, 0.6) is 0 Å². The molecule has 1 heterocycles.